The highest BCUT2D eigenvalue weighted by atomic mass is 16.1. The number of carbonyl (C=O) groups is 1. The van der Waals surface area contributed by atoms with Crippen LogP contribution in [0.5, 0.6) is 0 Å². The molecule has 0 amide bonds. The molecule has 0 atom stereocenters. The summed E-state index contributed by atoms with van der Waals surface area (Å²) in [6.45, 7) is 2.72. The molecule has 3 aromatic rings. The molecule has 0 unspecified atom stereocenters. The molecule has 1 aromatic carbocycles. The van der Waals surface area contributed by atoms with Crippen molar-refractivity contribution in [2.45, 2.75) is 13.5 Å². The highest BCUT2D eigenvalue weighted by molar-refractivity contribution is 5.84. The van der Waals surface area contributed by atoms with E-state index in [1.807, 2.05) is 25.2 Å². The largest absolute Gasteiger partial charge is 0.298 e. The first kappa shape index (κ1) is 13.3. The van der Waals surface area contributed by atoms with Gasteiger partial charge >= 0.3 is 0 Å². The Bertz CT molecular complexity index is 785. The topological polar surface area (TPSA) is 52.7 Å². The molecule has 2 aromatic heterocycles. The van der Waals surface area contributed by atoms with Crippen LogP contribution >= 0.6 is 0 Å². The number of aromatic nitrogens is 4. The lowest BCUT2D eigenvalue weighted by molar-refractivity contribution is 0.112. The van der Waals surface area contributed by atoms with Gasteiger partial charge in [-0.25, -0.2) is 0 Å². The fourth-order valence-electron chi connectivity index (χ4n) is 2.37. The molecule has 0 radical (unpaired) electrons. The molecule has 106 valence electrons. The number of aldehydes is 1. The maximum absolute atomic E-state index is 11.3. The van der Waals surface area contributed by atoms with E-state index in [2.05, 4.69) is 29.3 Å². The van der Waals surface area contributed by atoms with Crippen molar-refractivity contribution < 1.29 is 4.79 Å². The van der Waals surface area contributed by atoms with Crippen LogP contribution in [0, 0.1) is 6.92 Å². The van der Waals surface area contributed by atoms with Crippen molar-refractivity contribution >= 4 is 6.29 Å². The Morgan fingerprint density at radius 3 is 2.71 bits per heavy atom. The molecular formula is C16H16N4O. The molecule has 0 aliphatic carbocycles. The summed E-state index contributed by atoms with van der Waals surface area (Å²) >= 11 is 0. The SMILES string of the molecule is Cc1ccccc1Cn1cc(C=O)c(-c2ccnn2C)n1. The van der Waals surface area contributed by atoms with Crippen molar-refractivity contribution in [2.75, 3.05) is 0 Å². The fraction of sp³-hybridized carbons (Fsp3) is 0.188. The van der Waals surface area contributed by atoms with E-state index < -0.39 is 0 Å². The molecule has 0 saturated carbocycles. The van der Waals surface area contributed by atoms with Gasteiger partial charge in [0.2, 0.25) is 0 Å². The van der Waals surface area contributed by atoms with Gasteiger partial charge in [0.05, 0.1) is 17.8 Å². The third-order valence-electron chi connectivity index (χ3n) is 3.57. The summed E-state index contributed by atoms with van der Waals surface area (Å²) in [6.07, 6.45) is 4.32. The molecule has 2 heterocycles. The Kier molecular flexibility index (Phi) is 3.39. The van der Waals surface area contributed by atoms with E-state index in [0.717, 1.165) is 12.0 Å². The number of aryl methyl sites for hydroxylation is 2. The molecule has 0 spiro atoms. The van der Waals surface area contributed by atoms with Gasteiger partial charge in [0, 0.05) is 19.4 Å². The molecule has 5 heteroatoms. The maximum atomic E-state index is 11.3. The fourth-order valence-corrected chi connectivity index (χ4v) is 2.37. The van der Waals surface area contributed by atoms with E-state index in [9.17, 15) is 4.79 Å². The van der Waals surface area contributed by atoms with Gasteiger partial charge in [-0.3, -0.25) is 14.2 Å². The van der Waals surface area contributed by atoms with Crippen molar-refractivity contribution in [3.05, 3.63) is 59.4 Å². The molecule has 0 N–H and O–H groups in total. The Morgan fingerprint density at radius 2 is 2.05 bits per heavy atom. The monoisotopic (exact) mass is 280 g/mol. The van der Waals surface area contributed by atoms with Gasteiger partial charge in [0.15, 0.2) is 6.29 Å². The second-order valence-corrected chi connectivity index (χ2v) is 5.02. The van der Waals surface area contributed by atoms with Crippen LogP contribution in [0.3, 0.4) is 0 Å². The summed E-state index contributed by atoms with van der Waals surface area (Å²) in [5.74, 6) is 0. The lowest BCUT2D eigenvalue weighted by Gasteiger charge is -2.05. The van der Waals surface area contributed by atoms with Crippen molar-refractivity contribution in [1.82, 2.24) is 19.6 Å². The van der Waals surface area contributed by atoms with Crippen molar-refractivity contribution in [1.29, 1.82) is 0 Å². The first-order chi connectivity index (χ1) is 10.2. The van der Waals surface area contributed by atoms with Crippen molar-refractivity contribution in [3.8, 4) is 11.4 Å². The molecule has 0 aliphatic rings. The zero-order valence-corrected chi connectivity index (χ0v) is 12.0. The summed E-state index contributed by atoms with van der Waals surface area (Å²) in [4.78, 5) is 11.3. The molecule has 0 fully saturated rings. The van der Waals surface area contributed by atoms with E-state index in [4.69, 9.17) is 0 Å². The average Bonchev–Trinajstić information content (AvgIpc) is 3.07. The Labute approximate surface area is 122 Å². The Balaban J connectivity index is 1.99. The van der Waals surface area contributed by atoms with Gasteiger partial charge in [-0.1, -0.05) is 24.3 Å². The summed E-state index contributed by atoms with van der Waals surface area (Å²) in [5, 5.41) is 8.67. The van der Waals surface area contributed by atoms with Crippen molar-refractivity contribution in [2.24, 2.45) is 7.05 Å². The molecule has 0 bridgehead atoms. The third kappa shape index (κ3) is 2.50. The van der Waals surface area contributed by atoms with Crippen molar-refractivity contribution in [3.63, 3.8) is 0 Å². The first-order valence-electron chi connectivity index (χ1n) is 6.74. The average molecular weight is 280 g/mol. The lowest BCUT2D eigenvalue weighted by atomic mass is 10.1. The Morgan fingerprint density at radius 1 is 1.24 bits per heavy atom. The molecule has 3 rings (SSSR count). The number of carbonyl (C=O) groups excluding carboxylic acids is 1. The number of hydrogen-bond acceptors (Lipinski definition) is 3. The predicted molar refractivity (Wildman–Crippen MR) is 80.1 cm³/mol. The van der Waals surface area contributed by atoms with Gasteiger partial charge in [0.1, 0.15) is 5.69 Å². The minimum atomic E-state index is 0.576. The quantitative estimate of drug-likeness (QED) is 0.690. The molecule has 5 nitrogen and oxygen atoms in total. The van der Waals surface area contributed by atoms with E-state index in [1.54, 1.807) is 21.8 Å². The van der Waals surface area contributed by atoms with Gasteiger partial charge < -0.3 is 0 Å². The van der Waals surface area contributed by atoms with Crippen LogP contribution in [0.4, 0.5) is 0 Å². The van der Waals surface area contributed by atoms with Gasteiger partial charge in [-0.05, 0) is 24.1 Å². The van der Waals surface area contributed by atoms with Gasteiger partial charge in [-0.2, -0.15) is 10.2 Å². The second-order valence-electron chi connectivity index (χ2n) is 5.02. The van der Waals surface area contributed by atoms with Crippen LogP contribution < -0.4 is 0 Å². The van der Waals surface area contributed by atoms with Gasteiger partial charge in [-0.15, -0.1) is 0 Å². The highest BCUT2D eigenvalue weighted by Gasteiger charge is 2.14. The molecular weight excluding hydrogens is 264 g/mol. The van der Waals surface area contributed by atoms with Crippen LogP contribution in [0.15, 0.2) is 42.7 Å². The first-order valence-corrected chi connectivity index (χ1v) is 6.74. The van der Waals surface area contributed by atoms with E-state index in [1.165, 1.54) is 11.1 Å². The van der Waals surface area contributed by atoms with Crippen LogP contribution in [0.1, 0.15) is 21.5 Å². The summed E-state index contributed by atoms with van der Waals surface area (Å²) in [6, 6.07) is 10.0. The zero-order chi connectivity index (χ0) is 14.8. The minimum Gasteiger partial charge on any atom is -0.298 e. The summed E-state index contributed by atoms with van der Waals surface area (Å²) in [5.41, 5.74) is 4.48. The molecule has 21 heavy (non-hydrogen) atoms. The number of rotatable bonds is 4. The highest BCUT2D eigenvalue weighted by Crippen LogP contribution is 2.20. The third-order valence-corrected chi connectivity index (χ3v) is 3.57. The number of benzene rings is 1. The van der Waals surface area contributed by atoms with E-state index in [-0.39, 0.29) is 0 Å². The summed E-state index contributed by atoms with van der Waals surface area (Å²) in [7, 11) is 1.84. The predicted octanol–water partition coefficient (Wildman–Crippen LogP) is 2.45. The van der Waals surface area contributed by atoms with Crippen LogP contribution in [-0.4, -0.2) is 25.8 Å². The van der Waals surface area contributed by atoms with Gasteiger partial charge in [0.25, 0.3) is 0 Å². The smallest absolute Gasteiger partial charge is 0.153 e. The van der Waals surface area contributed by atoms with E-state index >= 15 is 0 Å². The van der Waals surface area contributed by atoms with E-state index in [0.29, 0.717) is 17.8 Å². The molecule has 0 saturated heterocycles. The van der Waals surface area contributed by atoms with Crippen LogP contribution in [0.25, 0.3) is 11.4 Å². The number of nitrogens with zero attached hydrogens (tertiary/aromatic N) is 4. The summed E-state index contributed by atoms with van der Waals surface area (Å²) < 4.78 is 3.52. The van der Waals surface area contributed by atoms with Crippen LogP contribution in [0.2, 0.25) is 0 Å². The normalized spacial score (nSPS) is 10.8. The molecule has 0 aliphatic heterocycles. The van der Waals surface area contributed by atoms with Crippen LogP contribution in [-0.2, 0) is 13.6 Å². The standard InChI is InChI=1S/C16H16N4O/c1-12-5-3-4-6-13(12)9-20-10-14(11-21)16(18-20)15-7-8-17-19(15)2/h3-8,10-11H,9H2,1-2H3. The maximum Gasteiger partial charge on any atom is 0.153 e. The minimum absolute atomic E-state index is 0.576. The zero-order valence-electron chi connectivity index (χ0n) is 12.0. The Hall–Kier alpha value is -2.69. The lowest BCUT2D eigenvalue weighted by Crippen LogP contribution is -2.02. The second kappa shape index (κ2) is 5.36. The number of hydrogen-bond donors (Lipinski definition) is 0.